The molecule has 1 aromatic carbocycles. The number of benzene rings is 1. The van der Waals surface area contributed by atoms with Gasteiger partial charge in [-0.05, 0) is 47.2 Å². The van der Waals surface area contributed by atoms with Crippen molar-refractivity contribution in [2.45, 2.75) is 11.9 Å². The molecule has 1 N–H and O–H groups in total. The maximum atomic E-state index is 12.0. The maximum Gasteiger partial charge on any atom is 0.257 e. The van der Waals surface area contributed by atoms with Crippen LogP contribution in [0, 0.1) is 10.5 Å². The molecule has 0 saturated heterocycles. The van der Waals surface area contributed by atoms with E-state index >= 15 is 0 Å². The van der Waals surface area contributed by atoms with Crippen molar-refractivity contribution < 1.29 is 13.2 Å². The summed E-state index contributed by atoms with van der Waals surface area (Å²) >= 11 is 3.24. The second-order valence-corrected chi connectivity index (χ2v) is 8.16. The van der Waals surface area contributed by atoms with Crippen LogP contribution in [0.3, 0.4) is 0 Å². The largest absolute Gasteiger partial charge is 0.298 e. The van der Waals surface area contributed by atoms with Crippen LogP contribution in [0.25, 0.3) is 0 Å². The van der Waals surface area contributed by atoms with Gasteiger partial charge in [-0.15, -0.1) is 11.3 Å². The van der Waals surface area contributed by atoms with Gasteiger partial charge in [-0.2, -0.15) is 0 Å². The Kier molecular flexibility index (Phi) is 4.45. The number of nitrogens with zero attached hydrogens (tertiary/aromatic N) is 1. The highest BCUT2D eigenvalue weighted by atomic mass is 127. The average molecular weight is 422 g/mol. The fourth-order valence-corrected chi connectivity index (χ4v) is 3.63. The lowest BCUT2D eigenvalue weighted by Crippen LogP contribution is -2.12. The Balaban J connectivity index is 2.19. The van der Waals surface area contributed by atoms with Crippen LogP contribution >= 0.6 is 33.9 Å². The zero-order valence-corrected chi connectivity index (χ0v) is 14.5. The molecule has 106 valence electrons. The van der Waals surface area contributed by atoms with Crippen LogP contribution in [0.15, 0.2) is 28.6 Å². The lowest BCUT2D eigenvalue weighted by molar-refractivity contribution is 0.102. The maximum absolute atomic E-state index is 12.0. The first-order valence-corrected chi connectivity index (χ1v) is 9.35. The van der Waals surface area contributed by atoms with Gasteiger partial charge in [-0.25, -0.2) is 13.4 Å². The summed E-state index contributed by atoms with van der Waals surface area (Å²) in [6.07, 6.45) is 1.08. The molecule has 0 bridgehead atoms. The van der Waals surface area contributed by atoms with Gasteiger partial charge in [-0.1, -0.05) is 6.07 Å². The van der Waals surface area contributed by atoms with Crippen molar-refractivity contribution in [3.8, 4) is 0 Å². The van der Waals surface area contributed by atoms with Crippen LogP contribution in [0.1, 0.15) is 15.9 Å². The van der Waals surface area contributed by atoms with Crippen molar-refractivity contribution in [1.82, 2.24) is 4.98 Å². The highest BCUT2D eigenvalue weighted by molar-refractivity contribution is 14.1. The summed E-state index contributed by atoms with van der Waals surface area (Å²) in [7, 11) is -3.35. The van der Waals surface area contributed by atoms with E-state index in [1.54, 1.807) is 12.1 Å². The molecule has 0 atom stereocenters. The molecule has 0 spiro atoms. The molecule has 2 aromatic rings. The molecule has 0 aliphatic carbocycles. The zero-order valence-electron chi connectivity index (χ0n) is 10.7. The van der Waals surface area contributed by atoms with Crippen LogP contribution in [0.5, 0.6) is 0 Å². The minimum atomic E-state index is -3.35. The minimum absolute atomic E-state index is 0.0312. The lowest BCUT2D eigenvalue weighted by Gasteiger charge is -2.04. The van der Waals surface area contributed by atoms with Gasteiger partial charge in [0.05, 0.1) is 0 Å². The van der Waals surface area contributed by atoms with E-state index in [0.29, 0.717) is 5.56 Å². The smallest absolute Gasteiger partial charge is 0.257 e. The van der Waals surface area contributed by atoms with E-state index in [2.05, 4.69) is 32.9 Å². The Hall–Kier alpha value is -1.00. The van der Waals surface area contributed by atoms with E-state index in [1.165, 1.54) is 5.38 Å². The molecule has 0 fully saturated rings. The highest BCUT2D eigenvalue weighted by Crippen LogP contribution is 2.20. The van der Waals surface area contributed by atoms with Crippen LogP contribution in [-0.2, 0) is 9.84 Å². The molecule has 1 amide bonds. The van der Waals surface area contributed by atoms with Crippen LogP contribution < -0.4 is 5.32 Å². The predicted molar refractivity (Wildman–Crippen MR) is 87.1 cm³/mol. The molecule has 0 radical (unpaired) electrons. The molecule has 0 saturated carbocycles. The number of anilines is 1. The Morgan fingerprint density at radius 1 is 1.40 bits per heavy atom. The predicted octanol–water partition coefficient (Wildman–Crippen LogP) is 2.71. The van der Waals surface area contributed by atoms with Crippen molar-refractivity contribution in [3.05, 3.63) is 38.3 Å². The number of carbonyl (C=O) groups is 1. The number of aromatic nitrogens is 1. The number of rotatable bonds is 3. The number of aryl methyl sites for hydroxylation is 1. The Morgan fingerprint density at radius 3 is 2.65 bits per heavy atom. The number of carbonyl (C=O) groups excluding carboxylic acids is 1. The SMILES string of the molecule is Cc1ccc(C(=O)Nc2nc(S(C)(=O)=O)cs2)cc1I. The van der Waals surface area contributed by atoms with Crippen molar-refractivity contribution in [2.24, 2.45) is 0 Å². The number of thiazole rings is 1. The average Bonchev–Trinajstić information content (AvgIpc) is 2.81. The summed E-state index contributed by atoms with van der Waals surface area (Å²) in [6.45, 7) is 1.96. The standard InChI is InChI=1S/C12H11IN2O3S2/c1-7-3-4-8(5-9(7)13)11(16)15-12-14-10(6-19-12)20(2,17)18/h3-6H,1-2H3,(H,14,15,16). The first kappa shape index (κ1) is 15.4. The molecule has 20 heavy (non-hydrogen) atoms. The van der Waals surface area contributed by atoms with Gasteiger partial charge >= 0.3 is 0 Å². The van der Waals surface area contributed by atoms with Crippen molar-refractivity contribution >= 4 is 54.8 Å². The Labute approximate surface area is 134 Å². The summed E-state index contributed by atoms with van der Waals surface area (Å²) in [5.74, 6) is -0.308. The molecule has 0 aliphatic rings. The third kappa shape index (κ3) is 3.55. The monoisotopic (exact) mass is 422 g/mol. The van der Waals surface area contributed by atoms with Gasteiger partial charge in [0.25, 0.3) is 5.91 Å². The summed E-state index contributed by atoms with van der Waals surface area (Å²) in [6, 6.07) is 5.36. The summed E-state index contributed by atoms with van der Waals surface area (Å²) in [5, 5.41) is 4.24. The van der Waals surface area contributed by atoms with E-state index in [9.17, 15) is 13.2 Å². The summed E-state index contributed by atoms with van der Waals surface area (Å²) in [4.78, 5) is 15.9. The zero-order chi connectivity index (χ0) is 14.9. The summed E-state index contributed by atoms with van der Waals surface area (Å²) in [5.41, 5.74) is 1.60. The van der Waals surface area contributed by atoms with Gasteiger partial charge < -0.3 is 0 Å². The third-order valence-electron chi connectivity index (χ3n) is 2.52. The number of halogens is 1. The minimum Gasteiger partial charge on any atom is -0.298 e. The topological polar surface area (TPSA) is 76.1 Å². The first-order valence-electron chi connectivity index (χ1n) is 5.50. The van der Waals surface area contributed by atoms with E-state index in [1.807, 2.05) is 13.0 Å². The van der Waals surface area contributed by atoms with Crippen molar-refractivity contribution in [3.63, 3.8) is 0 Å². The third-order valence-corrected chi connectivity index (χ3v) is 5.56. The van der Waals surface area contributed by atoms with Gasteiger partial charge in [-0.3, -0.25) is 10.1 Å². The van der Waals surface area contributed by atoms with Crippen LogP contribution in [0.2, 0.25) is 0 Å². The Bertz CT molecular complexity index is 769. The van der Waals surface area contributed by atoms with E-state index in [-0.39, 0.29) is 16.1 Å². The van der Waals surface area contributed by atoms with Crippen LogP contribution in [0.4, 0.5) is 5.13 Å². The second kappa shape index (κ2) is 5.78. The highest BCUT2D eigenvalue weighted by Gasteiger charge is 2.14. The molecule has 1 heterocycles. The van der Waals surface area contributed by atoms with Gasteiger partial charge in [0, 0.05) is 20.8 Å². The number of amides is 1. The molecule has 0 unspecified atom stereocenters. The van der Waals surface area contributed by atoms with Gasteiger partial charge in [0.1, 0.15) is 0 Å². The molecule has 0 aliphatic heterocycles. The van der Waals surface area contributed by atoms with E-state index in [0.717, 1.165) is 26.7 Å². The first-order chi connectivity index (χ1) is 9.27. The normalized spacial score (nSPS) is 11.3. The summed E-state index contributed by atoms with van der Waals surface area (Å²) < 4.78 is 23.6. The Morgan fingerprint density at radius 2 is 2.10 bits per heavy atom. The molecular weight excluding hydrogens is 411 g/mol. The molecular formula is C12H11IN2O3S2. The number of hydrogen-bond donors (Lipinski definition) is 1. The van der Waals surface area contributed by atoms with Gasteiger partial charge in [0.2, 0.25) is 0 Å². The fraction of sp³-hybridized carbons (Fsp3) is 0.167. The van der Waals surface area contributed by atoms with Crippen molar-refractivity contribution in [2.75, 3.05) is 11.6 Å². The number of hydrogen-bond acceptors (Lipinski definition) is 5. The lowest BCUT2D eigenvalue weighted by atomic mass is 10.1. The second-order valence-electron chi connectivity index (χ2n) is 4.18. The molecule has 2 rings (SSSR count). The molecule has 5 nitrogen and oxygen atoms in total. The van der Waals surface area contributed by atoms with Crippen molar-refractivity contribution in [1.29, 1.82) is 0 Å². The number of nitrogens with one attached hydrogen (secondary N) is 1. The fourth-order valence-electron chi connectivity index (χ4n) is 1.39. The van der Waals surface area contributed by atoms with Gasteiger partial charge in [0.15, 0.2) is 20.0 Å². The van der Waals surface area contributed by atoms with Crippen LogP contribution in [-0.4, -0.2) is 25.6 Å². The molecule has 8 heteroatoms. The quantitative estimate of drug-likeness (QED) is 0.772. The van der Waals surface area contributed by atoms with E-state index in [4.69, 9.17) is 0 Å². The molecule has 1 aromatic heterocycles. The van der Waals surface area contributed by atoms with E-state index < -0.39 is 9.84 Å². The number of sulfone groups is 1.